The van der Waals surface area contributed by atoms with Crippen LogP contribution in [0.2, 0.25) is 5.02 Å². The molecule has 0 spiro atoms. The van der Waals surface area contributed by atoms with Crippen LogP contribution in [0.1, 0.15) is 15.4 Å². The highest BCUT2D eigenvalue weighted by atomic mass is 35.5. The van der Waals surface area contributed by atoms with Gasteiger partial charge >= 0.3 is 5.97 Å². The molecule has 4 nitrogen and oxygen atoms in total. The summed E-state index contributed by atoms with van der Waals surface area (Å²) >= 11 is 7.60. The molecule has 0 unspecified atom stereocenters. The summed E-state index contributed by atoms with van der Waals surface area (Å²) in [5.74, 6) is -0.980. The smallest absolute Gasteiger partial charge is 0.335 e. The molecular weight excluding hydrogens is 272 g/mol. The quantitative estimate of drug-likeness (QED) is 0.884. The Hall–Kier alpha value is -1.59. The van der Waals surface area contributed by atoms with E-state index in [4.69, 9.17) is 16.7 Å². The van der Waals surface area contributed by atoms with E-state index in [1.807, 2.05) is 5.38 Å². The average molecular weight is 283 g/mol. The Kier molecular flexibility index (Phi) is 4.17. The van der Waals surface area contributed by atoms with Gasteiger partial charge in [0.25, 0.3) is 0 Å². The largest absolute Gasteiger partial charge is 0.478 e. The number of aromatic carboxylic acids is 1. The summed E-state index contributed by atoms with van der Waals surface area (Å²) in [7, 11) is 0. The third-order valence-corrected chi connectivity index (χ3v) is 3.51. The molecular formula is C12H11ClN2O2S. The first kappa shape index (κ1) is 12.9. The maximum Gasteiger partial charge on any atom is 0.335 e. The van der Waals surface area contributed by atoms with Crippen LogP contribution in [0.25, 0.3) is 0 Å². The van der Waals surface area contributed by atoms with Crippen molar-refractivity contribution in [2.24, 2.45) is 0 Å². The van der Waals surface area contributed by atoms with Crippen molar-refractivity contribution in [1.82, 2.24) is 4.98 Å². The second kappa shape index (κ2) is 5.84. The highest BCUT2D eigenvalue weighted by Crippen LogP contribution is 2.23. The minimum Gasteiger partial charge on any atom is -0.478 e. The number of thiazole rings is 1. The van der Waals surface area contributed by atoms with Crippen LogP contribution in [0.3, 0.4) is 0 Å². The number of carboxylic acids is 1. The normalized spacial score (nSPS) is 10.3. The molecule has 18 heavy (non-hydrogen) atoms. The van der Waals surface area contributed by atoms with Crippen molar-refractivity contribution in [1.29, 1.82) is 0 Å². The summed E-state index contributed by atoms with van der Waals surface area (Å²) in [6, 6.07) is 4.64. The summed E-state index contributed by atoms with van der Waals surface area (Å²) in [4.78, 5) is 14.9. The van der Waals surface area contributed by atoms with Gasteiger partial charge in [-0.25, -0.2) is 9.78 Å². The minimum atomic E-state index is -0.980. The van der Waals surface area contributed by atoms with Gasteiger partial charge in [-0.15, -0.1) is 11.3 Å². The lowest BCUT2D eigenvalue weighted by atomic mass is 10.2. The van der Waals surface area contributed by atoms with Crippen LogP contribution in [0, 0.1) is 0 Å². The Morgan fingerprint density at radius 2 is 2.33 bits per heavy atom. The second-order valence-electron chi connectivity index (χ2n) is 3.60. The van der Waals surface area contributed by atoms with Crippen molar-refractivity contribution in [3.63, 3.8) is 0 Å². The zero-order valence-corrected chi connectivity index (χ0v) is 11.0. The number of rotatable bonds is 5. The number of nitrogens with zero attached hydrogens (tertiary/aromatic N) is 1. The molecule has 2 rings (SSSR count). The average Bonchev–Trinajstić information content (AvgIpc) is 2.84. The SMILES string of the molecule is O=C(O)c1ccc(NCCc2nccs2)c(Cl)c1. The summed E-state index contributed by atoms with van der Waals surface area (Å²) in [5, 5.41) is 15.4. The molecule has 0 saturated carbocycles. The number of anilines is 1. The monoisotopic (exact) mass is 282 g/mol. The van der Waals surface area contributed by atoms with Crippen molar-refractivity contribution in [3.05, 3.63) is 45.4 Å². The molecule has 1 heterocycles. The summed E-state index contributed by atoms with van der Waals surface area (Å²) in [5.41, 5.74) is 0.920. The van der Waals surface area contributed by atoms with Gasteiger partial charge in [-0.05, 0) is 18.2 Å². The molecule has 94 valence electrons. The molecule has 2 N–H and O–H groups in total. The van der Waals surface area contributed by atoms with Gasteiger partial charge in [0.2, 0.25) is 0 Å². The van der Waals surface area contributed by atoms with E-state index >= 15 is 0 Å². The number of hydrogen-bond donors (Lipinski definition) is 2. The molecule has 6 heteroatoms. The predicted molar refractivity (Wildman–Crippen MR) is 72.7 cm³/mol. The Bertz CT molecular complexity index is 543. The molecule has 0 aliphatic rings. The first-order chi connectivity index (χ1) is 8.66. The Morgan fingerprint density at radius 3 is 2.94 bits per heavy atom. The zero-order chi connectivity index (χ0) is 13.0. The number of hydrogen-bond acceptors (Lipinski definition) is 4. The molecule has 0 atom stereocenters. The van der Waals surface area contributed by atoms with Gasteiger partial charge in [-0.3, -0.25) is 0 Å². The van der Waals surface area contributed by atoms with Crippen LogP contribution in [0.15, 0.2) is 29.8 Å². The number of halogens is 1. The van der Waals surface area contributed by atoms with Crippen molar-refractivity contribution in [2.75, 3.05) is 11.9 Å². The van der Waals surface area contributed by atoms with Gasteiger partial charge in [-0.2, -0.15) is 0 Å². The first-order valence-electron chi connectivity index (χ1n) is 5.32. The molecule has 1 aromatic carbocycles. The van der Waals surface area contributed by atoms with Gasteiger partial charge in [0.05, 0.1) is 21.3 Å². The summed E-state index contributed by atoms with van der Waals surface area (Å²) < 4.78 is 0. The maximum atomic E-state index is 10.7. The van der Waals surface area contributed by atoms with E-state index in [1.54, 1.807) is 23.6 Å². The number of benzene rings is 1. The molecule has 0 bridgehead atoms. The van der Waals surface area contributed by atoms with Gasteiger partial charge in [0.1, 0.15) is 0 Å². The van der Waals surface area contributed by atoms with Crippen LogP contribution >= 0.6 is 22.9 Å². The molecule has 1 aromatic heterocycles. The Labute approximate surface area is 113 Å². The van der Waals surface area contributed by atoms with Crippen molar-refractivity contribution in [2.45, 2.75) is 6.42 Å². The third kappa shape index (κ3) is 3.21. The molecule has 0 radical (unpaired) electrons. The van der Waals surface area contributed by atoms with Crippen molar-refractivity contribution >= 4 is 34.6 Å². The lowest BCUT2D eigenvalue weighted by Gasteiger charge is -2.08. The zero-order valence-electron chi connectivity index (χ0n) is 9.39. The van der Waals surface area contributed by atoms with Gasteiger partial charge in [0, 0.05) is 24.5 Å². The maximum absolute atomic E-state index is 10.7. The van der Waals surface area contributed by atoms with Gasteiger partial charge < -0.3 is 10.4 Å². The molecule has 0 fully saturated rings. The van der Waals surface area contributed by atoms with Crippen LogP contribution in [0.5, 0.6) is 0 Å². The topological polar surface area (TPSA) is 62.2 Å². The van der Waals surface area contributed by atoms with E-state index in [0.29, 0.717) is 11.6 Å². The first-order valence-corrected chi connectivity index (χ1v) is 6.57. The van der Waals surface area contributed by atoms with E-state index in [9.17, 15) is 4.79 Å². The molecule has 2 aromatic rings. The standard InChI is InChI=1S/C12H11ClN2O2S/c13-9-7-8(12(16)17)1-2-10(9)14-4-3-11-15-5-6-18-11/h1-2,5-7,14H,3-4H2,(H,16,17). The van der Waals surface area contributed by atoms with Crippen LogP contribution in [-0.4, -0.2) is 22.6 Å². The molecule has 0 saturated heterocycles. The lowest BCUT2D eigenvalue weighted by Crippen LogP contribution is -2.05. The van der Waals surface area contributed by atoms with Crippen LogP contribution < -0.4 is 5.32 Å². The molecule has 0 amide bonds. The highest BCUT2D eigenvalue weighted by Gasteiger charge is 2.06. The second-order valence-corrected chi connectivity index (χ2v) is 4.99. The number of carbonyl (C=O) groups is 1. The highest BCUT2D eigenvalue weighted by molar-refractivity contribution is 7.09. The van der Waals surface area contributed by atoms with E-state index in [0.717, 1.165) is 17.1 Å². The van der Waals surface area contributed by atoms with Gasteiger partial charge in [-0.1, -0.05) is 11.6 Å². The summed E-state index contributed by atoms with van der Waals surface area (Å²) in [6.07, 6.45) is 2.59. The number of carboxylic acid groups (broad SMARTS) is 1. The van der Waals surface area contributed by atoms with Crippen molar-refractivity contribution in [3.8, 4) is 0 Å². The Balaban J connectivity index is 1.95. The number of aromatic nitrogens is 1. The predicted octanol–water partition coefficient (Wildman–Crippen LogP) is 3.15. The number of nitrogens with one attached hydrogen (secondary N) is 1. The Morgan fingerprint density at radius 1 is 1.50 bits per heavy atom. The third-order valence-electron chi connectivity index (χ3n) is 2.35. The van der Waals surface area contributed by atoms with Crippen LogP contribution in [-0.2, 0) is 6.42 Å². The molecule has 0 aliphatic carbocycles. The van der Waals surface area contributed by atoms with E-state index in [1.165, 1.54) is 12.1 Å². The van der Waals surface area contributed by atoms with E-state index in [2.05, 4.69) is 10.3 Å². The molecule has 0 aliphatic heterocycles. The van der Waals surface area contributed by atoms with Crippen LogP contribution in [0.4, 0.5) is 5.69 Å². The van der Waals surface area contributed by atoms with Crippen molar-refractivity contribution < 1.29 is 9.90 Å². The van der Waals surface area contributed by atoms with E-state index < -0.39 is 5.97 Å². The fraction of sp³-hybridized carbons (Fsp3) is 0.167. The minimum absolute atomic E-state index is 0.186. The fourth-order valence-electron chi connectivity index (χ4n) is 1.47. The lowest BCUT2D eigenvalue weighted by molar-refractivity contribution is 0.0697. The fourth-order valence-corrected chi connectivity index (χ4v) is 2.34. The van der Waals surface area contributed by atoms with Gasteiger partial charge in [0.15, 0.2) is 0 Å². The van der Waals surface area contributed by atoms with E-state index in [-0.39, 0.29) is 5.56 Å². The summed E-state index contributed by atoms with van der Waals surface area (Å²) in [6.45, 7) is 0.708.